The number of ether oxygens (including phenoxy) is 2. The Bertz CT molecular complexity index is 750. The molecule has 1 amide bonds. The third-order valence-electron chi connectivity index (χ3n) is 4.85. The van der Waals surface area contributed by atoms with Gasteiger partial charge in [-0.1, -0.05) is 13.3 Å². The molecule has 1 aromatic rings. The molecule has 1 aliphatic heterocycles. The van der Waals surface area contributed by atoms with Crippen LogP contribution in [0.1, 0.15) is 39.5 Å². The SMILES string of the molecule is CCC[C@H](C)NC(=O)[C@H]1CCCN(S(=O)(=O)c2cc(OC)ccc2OC)C1. The first kappa shape index (κ1) is 21.5. The van der Waals surface area contributed by atoms with Crippen LogP contribution in [0, 0.1) is 5.92 Å². The maximum Gasteiger partial charge on any atom is 0.246 e. The summed E-state index contributed by atoms with van der Waals surface area (Å²) in [5.41, 5.74) is 0. The number of methoxy groups -OCH3 is 2. The number of rotatable bonds is 8. The van der Waals surface area contributed by atoms with Gasteiger partial charge >= 0.3 is 0 Å². The summed E-state index contributed by atoms with van der Waals surface area (Å²) in [6, 6.07) is 4.78. The van der Waals surface area contributed by atoms with E-state index in [0.29, 0.717) is 25.1 Å². The molecule has 1 fully saturated rings. The molecule has 0 radical (unpaired) electrons. The van der Waals surface area contributed by atoms with E-state index in [1.54, 1.807) is 12.1 Å². The first-order valence-electron chi connectivity index (χ1n) is 9.36. The van der Waals surface area contributed by atoms with E-state index in [-0.39, 0.29) is 35.1 Å². The first-order valence-corrected chi connectivity index (χ1v) is 10.8. The summed E-state index contributed by atoms with van der Waals surface area (Å²) < 4.78 is 38.1. The molecule has 0 unspecified atom stereocenters. The van der Waals surface area contributed by atoms with Crippen LogP contribution in [0.15, 0.2) is 23.1 Å². The van der Waals surface area contributed by atoms with Gasteiger partial charge in [0.15, 0.2) is 0 Å². The largest absolute Gasteiger partial charge is 0.497 e. The van der Waals surface area contributed by atoms with Crippen LogP contribution < -0.4 is 14.8 Å². The third-order valence-corrected chi connectivity index (χ3v) is 6.74. The minimum atomic E-state index is -3.79. The van der Waals surface area contributed by atoms with Gasteiger partial charge < -0.3 is 14.8 Å². The van der Waals surface area contributed by atoms with Crippen molar-refractivity contribution in [2.75, 3.05) is 27.3 Å². The van der Waals surface area contributed by atoms with Crippen molar-refractivity contribution in [2.24, 2.45) is 5.92 Å². The molecule has 0 spiro atoms. The molecule has 7 nitrogen and oxygen atoms in total. The van der Waals surface area contributed by atoms with E-state index in [0.717, 1.165) is 12.8 Å². The highest BCUT2D eigenvalue weighted by molar-refractivity contribution is 7.89. The average Bonchev–Trinajstić information content (AvgIpc) is 2.67. The molecule has 0 bridgehead atoms. The van der Waals surface area contributed by atoms with Crippen LogP contribution in [0.4, 0.5) is 0 Å². The predicted molar refractivity (Wildman–Crippen MR) is 104 cm³/mol. The summed E-state index contributed by atoms with van der Waals surface area (Å²) in [5.74, 6) is 0.283. The average molecular weight is 399 g/mol. The highest BCUT2D eigenvalue weighted by atomic mass is 32.2. The molecule has 1 N–H and O–H groups in total. The van der Waals surface area contributed by atoms with Crippen LogP contribution in [-0.4, -0.2) is 52.0 Å². The number of hydrogen-bond donors (Lipinski definition) is 1. The van der Waals surface area contributed by atoms with E-state index in [1.807, 2.05) is 6.92 Å². The van der Waals surface area contributed by atoms with Gasteiger partial charge in [0.1, 0.15) is 16.4 Å². The summed E-state index contributed by atoms with van der Waals surface area (Å²) in [6.07, 6.45) is 3.22. The molecule has 0 aliphatic carbocycles. The Morgan fingerprint density at radius 3 is 2.70 bits per heavy atom. The maximum atomic E-state index is 13.2. The van der Waals surface area contributed by atoms with Gasteiger partial charge in [0.25, 0.3) is 0 Å². The fraction of sp³-hybridized carbons (Fsp3) is 0.632. The lowest BCUT2D eigenvalue weighted by atomic mass is 9.98. The smallest absolute Gasteiger partial charge is 0.246 e. The van der Waals surface area contributed by atoms with Crippen molar-refractivity contribution in [1.29, 1.82) is 0 Å². The van der Waals surface area contributed by atoms with E-state index in [9.17, 15) is 13.2 Å². The van der Waals surface area contributed by atoms with Gasteiger partial charge in [-0.25, -0.2) is 8.42 Å². The number of benzene rings is 1. The number of hydrogen-bond acceptors (Lipinski definition) is 5. The number of amides is 1. The molecule has 1 aliphatic rings. The van der Waals surface area contributed by atoms with E-state index in [4.69, 9.17) is 9.47 Å². The van der Waals surface area contributed by atoms with Crippen LogP contribution in [0.3, 0.4) is 0 Å². The molecule has 1 aromatic carbocycles. The molecule has 1 heterocycles. The normalized spacial score (nSPS) is 19.3. The van der Waals surface area contributed by atoms with E-state index in [2.05, 4.69) is 12.2 Å². The zero-order chi connectivity index (χ0) is 20.0. The van der Waals surface area contributed by atoms with Gasteiger partial charge in [-0.3, -0.25) is 4.79 Å². The van der Waals surface area contributed by atoms with Crippen LogP contribution >= 0.6 is 0 Å². The second-order valence-corrected chi connectivity index (χ2v) is 8.82. The Morgan fingerprint density at radius 2 is 2.07 bits per heavy atom. The Morgan fingerprint density at radius 1 is 1.33 bits per heavy atom. The number of piperidine rings is 1. The van der Waals surface area contributed by atoms with Crippen molar-refractivity contribution >= 4 is 15.9 Å². The molecule has 8 heteroatoms. The highest BCUT2D eigenvalue weighted by Crippen LogP contribution is 2.32. The molecule has 27 heavy (non-hydrogen) atoms. The Hall–Kier alpha value is -1.80. The van der Waals surface area contributed by atoms with Crippen molar-refractivity contribution in [3.05, 3.63) is 18.2 Å². The molecule has 2 rings (SSSR count). The summed E-state index contributed by atoms with van der Waals surface area (Å²) in [4.78, 5) is 12.6. The zero-order valence-corrected chi connectivity index (χ0v) is 17.3. The lowest BCUT2D eigenvalue weighted by Crippen LogP contribution is -2.47. The molecule has 0 aromatic heterocycles. The Kier molecular flexibility index (Phi) is 7.49. The second kappa shape index (κ2) is 9.41. The minimum absolute atomic E-state index is 0.0600. The van der Waals surface area contributed by atoms with Gasteiger partial charge in [0, 0.05) is 25.2 Å². The van der Waals surface area contributed by atoms with Gasteiger partial charge in [0.2, 0.25) is 15.9 Å². The summed E-state index contributed by atoms with van der Waals surface area (Å²) in [6.45, 7) is 4.60. The second-order valence-electron chi connectivity index (χ2n) is 6.92. The minimum Gasteiger partial charge on any atom is -0.497 e. The number of nitrogens with zero attached hydrogens (tertiary/aromatic N) is 1. The van der Waals surface area contributed by atoms with Crippen molar-refractivity contribution < 1.29 is 22.7 Å². The molecule has 1 saturated heterocycles. The third kappa shape index (κ3) is 5.13. The fourth-order valence-electron chi connectivity index (χ4n) is 3.37. The molecule has 0 saturated carbocycles. The van der Waals surface area contributed by atoms with E-state index < -0.39 is 10.0 Å². The molecule has 152 valence electrons. The first-order chi connectivity index (χ1) is 12.8. The van der Waals surface area contributed by atoms with Gasteiger partial charge in [-0.2, -0.15) is 4.31 Å². The van der Waals surface area contributed by atoms with Gasteiger partial charge in [-0.15, -0.1) is 0 Å². The summed E-state index contributed by atoms with van der Waals surface area (Å²) >= 11 is 0. The Labute approximate surface area is 162 Å². The summed E-state index contributed by atoms with van der Waals surface area (Å²) in [7, 11) is -0.878. The topological polar surface area (TPSA) is 84.9 Å². The molecule has 2 atom stereocenters. The number of nitrogens with one attached hydrogen (secondary N) is 1. The number of sulfonamides is 1. The fourth-order valence-corrected chi connectivity index (χ4v) is 5.06. The molecular formula is C19H30N2O5S. The van der Waals surface area contributed by atoms with E-state index >= 15 is 0 Å². The van der Waals surface area contributed by atoms with Crippen LogP contribution in [0.2, 0.25) is 0 Å². The van der Waals surface area contributed by atoms with Crippen molar-refractivity contribution in [3.8, 4) is 11.5 Å². The lowest BCUT2D eigenvalue weighted by Gasteiger charge is -2.32. The van der Waals surface area contributed by atoms with Crippen molar-refractivity contribution in [3.63, 3.8) is 0 Å². The Balaban J connectivity index is 2.20. The van der Waals surface area contributed by atoms with Gasteiger partial charge in [-0.05, 0) is 38.3 Å². The highest BCUT2D eigenvalue weighted by Gasteiger charge is 2.35. The number of carbonyl (C=O) groups is 1. The molecular weight excluding hydrogens is 368 g/mol. The predicted octanol–water partition coefficient (Wildman–Crippen LogP) is 2.41. The van der Waals surface area contributed by atoms with Crippen LogP contribution in [0.5, 0.6) is 11.5 Å². The van der Waals surface area contributed by atoms with Crippen molar-refractivity contribution in [2.45, 2.75) is 50.5 Å². The van der Waals surface area contributed by atoms with Crippen LogP contribution in [0.25, 0.3) is 0 Å². The maximum absolute atomic E-state index is 13.2. The standard InChI is InChI=1S/C19H30N2O5S/c1-5-7-14(2)20-19(22)15-8-6-11-21(13-15)27(23,24)18-12-16(25-3)9-10-17(18)26-4/h9-10,12,14-15H,5-8,11,13H2,1-4H3,(H,20,22)/t14-,15-/m0/s1. The quantitative estimate of drug-likeness (QED) is 0.727. The van der Waals surface area contributed by atoms with Crippen molar-refractivity contribution in [1.82, 2.24) is 9.62 Å². The summed E-state index contributed by atoms with van der Waals surface area (Å²) in [5, 5.41) is 3.00. The van der Waals surface area contributed by atoms with E-state index in [1.165, 1.54) is 24.6 Å². The van der Waals surface area contributed by atoms with Crippen LogP contribution in [-0.2, 0) is 14.8 Å². The monoisotopic (exact) mass is 398 g/mol. The zero-order valence-electron chi connectivity index (χ0n) is 16.5. The number of carbonyl (C=O) groups excluding carboxylic acids is 1. The lowest BCUT2D eigenvalue weighted by molar-refractivity contribution is -0.126. The van der Waals surface area contributed by atoms with Gasteiger partial charge in [0.05, 0.1) is 20.1 Å².